The number of piperazine rings is 1. The molecule has 1 amide bonds. The van der Waals surface area contributed by atoms with Gasteiger partial charge in [0.25, 0.3) is 0 Å². The van der Waals surface area contributed by atoms with Crippen molar-refractivity contribution >= 4 is 5.91 Å². The van der Waals surface area contributed by atoms with Crippen molar-refractivity contribution in [1.82, 2.24) is 10.2 Å². The van der Waals surface area contributed by atoms with Gasteiger partial charge in [-0.1, -0.05) is 13.8 Å². The van der Waals surface area contributed by atoms with E-state index in [1.54, 1.807) is 0 Å². The largest absolute Gasteiger partial charge is 0.372 e. The Morgan fingerprint density at radius 2 is 2.12 bits per heavy atom. The lowest BCUT2D eigenvalue weighted by Crippen LogP contribution is -2.58. The van der Waals surface area contributed by atoms with Gasteiger partial charge in [-0.2, -0.15) is 0 Å². The highest BCUT2D eigenvalue weighted by atomic mass is 16.5. The normalized spacial score (nSPS) is 25.8. The molecule has 94 valence electrons. The van der Waals surface area contributed by atoms with Crippen molar-refractivity contribution in [1.29, 1.82) is 0 Å². The van der Waals surface area contributed by atoms with Gasteiger partial charge in [-0.25, -0.2) is 0 Å². The first-order valence-corrected chi connectivity index (χ1v) is 6.33. The Labute approximate surface area is 98.3 Å². The van der Waals surface area contributed by atoms with E-state index in [4.69, 9.17) is 4.74 Å². The molecule has 1 aliphatic rings. The van der Waals surface area contributed by atoms with Gasteiger partial charge in [0.2, 0.25) is 5.91 Å². The van der Waals surface area contributed by atoms with Gasteiger partial charge in [0.15, 0.2) is 0 Å². The van der Waals surface area contributed by atoms with Crippen molar-refractivity contribution < 1.29 is 9.53 Å². The number of hydrogen-bond donors (Lipinski definition) is 1. The first-order chi connectivity index (χ1) is 7.72. The summed E-state index contributed by atoms with van der Waals surface area (Å²) in [5.74, 6) is 0.133. The lowest BCUT2D eigenvalue weighted by molar-refractivity contribution is -0.140. The van der Waals surface area contributed by atoms with Gasteiger partial charge in [0, 0.05) is 31.8 Å². The molecular weight excluding hydrogens is 204 g/mol. The van der Waals surface area contributed by atoms with E-state index in [9.17, 15) is 4.79 Å². The molecule has 2 unspecified atom stereocenters. The zero-order valence-electron chi connectivity index (χ0n) is 10.7. The van der Waals surface area contributed by atoms with Crippen LogP contribution in [0.3, 0.4) is 0 Å². The molecule has 1 rings (SSSR count). The number of carbonyl (C=O) groups is 1. The molecule has 1 aliphatic heterocycles. The molecule has 16 heavy (non-hydrogen) atoms. The molecule has 1 N–H and O–H groups in total. The summed E-state index contributed by atoms with van der Waals surface area (Å²) in [6.45, 7) is 8.74. The van der Waals surface area contributed by atoms with E-state index in [-0.39, 0.29) is 12.5 Å². The van der Waals surface area contributed by atoms with Crippen LogP contribution in [0.2, 0.25) is 0 Å². The maximum absolute atomic E-state index is 12.0. The predicted molar refractivity (Wildman–Crippen MR) is 64.4 cm³/mol. The minimum absolute atomic E-state index is 0.133. The molecule has 0 radical (unpaired) electrons. The molecule has 0 aliphatic carbocycles. The first kappa shape index (κ1) is 13.5. The zero-order chi connectivity index (χ0) is 12.0. The highest BCUT2D eigenvalue weighted by Gasteiger charge is 2.29. The molecule has 4 nitrogen and oxygen atoms in total. The van der Waals surface area contributed by atoms with Crippen LogP contribution in [0.15, 0.2) is 0 Å². The number of hydrogen-bond acceptors (Lipinski definition) is 3. The van der Waals surface area contributed by atoms with Crippen LogP contribution in [-0.2, 0) is 9.53 Å². The molecule has 0 aromatic heterocycles. The predicted octanol–water partition coefficient (Wildman–Crippen LogP) is 1.01. The van der Waals surface area contributed by atoms with E-state index in [1.807, 2.05) is 11.8 Å². The molecule has 1 heterocycles. The molecule has 0 spiro atoms. The number of nitrogens with one attached hydrogen (secondary N) is 1. The van der Waals surface area contributed by atoms with E-state index in [0.29, 0.717) is 18.7 Å². The van der Waals surface area contributed by atoms with Crippen LogP contribution in [0.4, 0.5) is 0 Å². The molecule has 2 atom stereocenters. The van der Waals surface area contributed by atoms with Gasteiger partial charge >= 0.3 is 0 Å². The third kappa shape index (κ3) is 3.46. The molecule has 0 aromatic carbocycles. The topological polar surface area (TPSA) is 41.6 Å². The highest BCUT2D eigenvalue weighted by molar-refractivity contribution is 5.78. The molecule has 0 bridgehead atoms. The van der Waals surface area contributed by atoms with Gasteiger partial charge in [0.05, 0.1) is 0 Å². The summed E-state index contributed by atoms with van der Waals surface area (Å²) in [6, 6.07) is 0.768. The van der Waals surface area contributed by atoms with Gasteiger partial charge in [0.1, 0.15) is 6.61 Å². The lowest BCUT2D eigenvalue weighted by atomic mass is 10.1. The number of nitrogens with zero attached hydrogens (tertiary/aromatic N) is 1. The van der Waals surface area contributed by atoms with E-state index >= 15 is 0 Å². The molecule has 0 saturated carbocycles. The fraction of sp³-hybridized carbons (Fsp3) is 0.917. The summed E-state index contributed by atoms with van der Waals surface area (Å²) in [5, 5.41) is 3.48. The van der Waals surface area contributed by atoms with Gasteiger partial charge in [-0.05, 0) is 19.8 Å². The fourth-order valence-electron chi connectivity index (χ4n) is 2.08. The Bertz CT molecular complexity index is 221. The number of amides is 1. The van der Waals surface area contributed by atoms with Crippen LogP contribution in [0.5, 0.6) is 0 Å². The third-order valence-electron chi connectivity index (χ3n) is 3.21. The first-order valence-electron chi connectivity index (χ1n) is 6.33. The monoisotopic (exact) mass is 228 g/mol. The summed E-state index contributed by atoms with van der Waals surface area (Å²) in [5.41, 5.74) is 0. The quantitative estimate of drug-likeness (QED) is 0.763. The Kier molecular flexibility index (Phi) is 5.77. The van der Waals surface area contributed by atoms with Crippen LogP contribution in [0.25, 0.3) is 0 Å². The molecule has 0 aromatic rings. The molecule has 4 heteroatoms. The zero-order valence-corrected chi connectivity index (χ0v) is 10.7. The average Bonchev–Trinajstić information content (AvgIpc) is 2.35. The van der Waals surface area contributed by atoms with Crippen molar-refractivity contribution in [3.8, 4) is 0 Å². The van der Waals surface area contributed by atoms with Crippen molar-refractivity contribution in [2.45, 2.75) is 45.7 Å². The summed E-state index contributed by atoms with van der Waals surface area (Å²) >= 11 is 0. The molecule has 1 fully saturated rings. The fourth-order valence-corrected chi connectivity index (χ4v) is 2.08. The van der Waals surface area contributed by atoms with E-state index in [2.05, 4.69) is 19.2 Å². The summed E-state index contributed by atoms with van der Waals surface area (Å²) in [6.07, 6.45) is 2.07. The van der Waals surface area contributed by atoms with Crippen LogP contribution in [0, 0.1) is 0 Å². The third-order valence-corrected chi connectivity index (χ3v) is 3.21. The maximum Gasteiger partial charge on any atom is 0.248 e. The van der Waals surface area contributed by atoms with Gasteiger partial charge in [-0.15, -0.1) is 0 Å². The maximum atomic E-state index is 12.0. The van der Waals surface area contributed by atoms with Crippen LogP contribution < -0.4 is 5.32 Å². The van der Waals surface area contributed by atoms with Crippen LogP contribution in [-0.4, -0.2) is 49.2 Å². The summed E-state index contributed by atoms with van der Waals surface area (Å²) in [7, 11) is 0. The smallest absolute Gasteiger partial charge is 0.248 e. The summed E-state index contributed by atoms with van der Waals surface area (Å²) in [4.78, 5) is 13.9. The van der Waals surface area contributed by atoms with Crippen molar-refractivity contribution in [2.24, 2.45) is 0 Å². The van der Waals surface area contributed by atoms with Crippen molar-refractivity contribution in [2.75, 3.05) is 26.3 Å². The Hall–Kier alpha value is -0.610. The van der Waals surface area contributed by atoms with Gasteiger partial charge < -0.3 is 15.0 Å². The minimum Gasteiger partial charge on any atom is -0.372 e. The van der Waals surface area contributed by atoms with Gasteiger partial charge in [-0.3, -0.25) is 4.79 Å². The second-order valence-corrected chi connectivity index (χ2v) is 4.26. The Morgan fingerprint density at radius 3 is 2.69 bits per heavy atom. The van der Waals surface area contributed by atoms with E-state index < -0.39 is 0 Å². The highest BCUT2D eigenvalue weighted by Crippen LogP contribution is 2.12. The standard InChI is InChI=1S/C12H24N2O2/c1-4-10-8-14(11(5-2)7-13-10)12(15)9-16-6-3/h10-11,13H,4-9H2,1-3H3. The summed E-state index contributed by atoms with van der Waals surface area (Å²) < 4.78 is 5.20. The molecule has 1 saturated heterocycles. The lowest BCUT2D eigenvalue weighted by Gasteiger charge is -2.40. The Morgan fingerprint density at radius 1 is 1.38 bits per heavy atom. The van der Waals surface area contributed by atoms with Crippen LogP contribution >= 0.6 is 0 Å². The minimum atomic E-state index is 0.133. The number of rotatable bonds is 5. The van der Waals surface area contributed by atoms with E-state index in [0.717, 1.165) is 25.9 Å². The second kappa shape index (κ2) is 6.86. The average molecular weight is 228 g/mol. The Balaban J connectivity index is 2.53. The SMILES string of the molecule is CCOCC(=O)N1CC(CC)NCC1CC. The number of ether oxygens (including phenoxy) is 1. The van der Waals surface area contributed by atoms with E-state index in [1.165, 1.54) is 0 Å². The van der Waals surface area contributed by atoms with Crippen LogP contribution in [0.1, 0.15) is 33.6 Å². The number of carbonyl (C=O) groups excluding carboxylic acids is 1. The molecular formula is C12H24N2O2. The van der Waals surface area contributed by atoms with Crippen molar-refractivity contribution in [3.05, 3.63) is 0 Å². The van der Waals surface area contributed by atoms with Crippen molar-refractivity contribution in [3.63, 3.8) is 0 Å². The second-order valence-electron chi connectivity index (χ2n) is 4.26.